The van der Waals surface area contributed by atoms with Crippen molar-refractivity contribution < 1.29 is 9.53 Å². The Labute approximate surface area is 76.5 Å². The van der Waals surface area contributed by atoms with Crippen molar-refractivity contribution in [3.63, 3.8) is 0 Å². The molecule has 0 aliphatic rings. The number of hydrogen-bond donors (Lipinski definition) is 2. The van der Waals surface area contributed by atoms with Crippen molar-refractivity contribution in [1.29, 1.82) is 0 Å². The van der Waals surface area contributed by atoms with Gasteiger partial charge < -0.3 is 15.5 Å². The van der Waals surface area contributed by atoms with Crippen LogP contribution in [0.15, 0.2) is 12.3 Å². The van der Waals surface area contributed by atoms with Gasteiger partial charge in [-0.2, -0.15) is 0 Å². The molecule has 0 bridgehead atoms. The molecule has 0 saturated heterocycles. The van der Waals surface area contributed by atoms with Crippen molar-refractivity contribution in [3.8, 4) is 0 Å². The van der Waals surface area contributed by atoms with Gasteiger partial charge in [0.05, 0.1) is 7.11 Å². The molecule has 1 rings (SSSR count). The Hall–Kier alpha value is -1.00. The van der Waals surface area contributed by atoms with Gasteiger partial charge in [0.1, 0.15) is 5.69 Å². The van der Waals surface area contributed by atoms with Crippen molar-refractivity contribution >= 4 is 18.4 Å². The van der Waals surface area contributed by atoms with E-state index in [1.54, 1.807) is 12.3 Å². The number of carbonyl (C=O) groups is 1. The first-order valence-electron chi connectivity index (χ1n) is 3.23. The molecule has 5 heteroatoms. The van der Waals surface area contributed by atoms with E-state index in [9.17, 15) is 4.79 Å². The van der Waals surface area contributed by atoms with Crippen LogP contribution < -0.4 is 5.73 Å². The zero-order valence-electron chi connectivity index (χ0n) is 6.66. The van der Waals surface area contributed by atoms with Crippen LogP contribution in [-0.2, 0) is 11.3 Å². The lowest BCUT2D eigenvalue weighted by Crippen LogP contribution is -2.00. The Morgan fingerprint density at radius 3 is 2.83 bits per heavy atom. The largest absolute Gasteiger partial charge is 0.464 e. The molecule has 1 aromatic rings. The van der Waals surface area contributed by atoms with E-state index < -0.39 is 0 Å². The van der Waals surface area contributed by atoms with Crippen LogP contribution in [-0.4, -0.2) is 18.1 Å². The molecule has 0 spiro atoms. The van der Waals surface area contributed by atoms with Gasteiger partial charge in [-0.25, -0.2) is 4.79 Å². The van der Waals surface area contributed by atoms with Gasteiger partial charge in [-0.3, -0.25) is 0 Å². The van der Waals surface area contributed by atoms with E-state index >= 15 is 0 Å². The predicted molar refractivity (Wildman–Crippen MR) is 47.3 cm³/mol. The van der Waals surface area contributed by atoms with Gasteiger partial charge in [-0.15, -0.1) is 12.4 Å². The van der Waals surface area contributed by atoms with Crippen LogP contribution in [0.5, 0.6) is 0 Å². The number of halogens is 1. The Morgan fingerprint density at radius 2 is 2.42 bits per heavy atom. The standard InChI is InChI=1S/C7H10N2O2.ClH/c1-11-7(10)6-2-5(3-8)4-9-6;/h2,4,9H,3,8H2,1H3;1H. The fourth-order valence-electron chi connectivity index (χ4n) is 0.785. The van der Waals surface area contributed by atoms with Crippen LogP contribution in [0.1, 0.15) is 16.1 Å². The van der Waals surface area contributed by atoms with Crippen LogP contribution in [0.2, 0.25) is 0 Å². The summed E-state index contributed by atoms with van der Waals surface area (Å²) in [5.74, 6) is -0.371. The van der Waals surface area contributed by atoms with Crippen molar-refractivity contribution in [2.24, 2.45) is 5.73 Å². The second-order valence-corrected chi connectivity index (χ2v) is 2.12. The summed E-state index contributed by atoms with van der Waals surface area (Å²) in [6.07, 6.45) is 1.69. The molecule has 68 valence electrons. The smallest absolute Gasteiger partial charge is 0.354 e. The maximum Gasteiger partial charge on any atom is 0.354 e. The van der Waals surface area contributed by atoms with Crippen LogP contribution in [0, 0.1) is 0 Å². The number of carbonyl (C=O) groups excluding carboxylic acids is 1. The van der Waals surface area contributed by atoms with E-state index in [1.807, 2.05) is 0 Å². The average molecular weight is 191 g/mol. The first kappa shape index (κ1) is 11.0. The topological polar surface area (TPSA) is 68.1 Å². The number of esters is 1. The summed E-state index contributed by atoms with van der Waals surface area (Å²) in [7, 11) is 1.34. The third kappa shape index (κ3) is 2.25. The van der Waals surface area contributed by atoms with Gasteiger partial charge >= 0.3 is 5.97 Å². The van der Waals surface area contributed by atoms with E-state index in [0.717, 1.165) is 5.56 Å². The highest BCUT2D eigenvalue weighted by Gasteiger charge is 2.06. The molecule has 4 nitrogen and oxygen atoms in total. The molecule has 0 atom stereocenters. The summed E-state index contributed by atoms with van der Waals surface area (Å²) in [6, 6.07) is 1.67. The third-order valence-electron chi connectivity index (χ3n) is 1.38. The Kier molecular flexibility index (Phi) is 4.39. The van der Waals surface area contributed by atoms with Crippen LogP contribution in [0.4, 0.5) is 0 Å². The molecule has 0 radical (unpaired) electrons. The Balaban J connectivity index is 0.00000121. The molecule has 0 aliphatic carbocycles. The molecule has 12 heavy (non-hydrogen) atoms. The first-order chi connectivity index (χ1) is 5.27. The molecule has 0 amide bonds. The minimum Gasteiger partial charge on any atom is -0.464 e. The zero-order chi connectivity index (χ0) is 8.27. The molecule has 3 N–H and O–H groups in total. The molecule has 1 aromatic heterocycles. The lowest BCUT2D eigenvalue weighted by atomic mass is 10.3. The van der Waals surface area contributed by atoms with Gasteiger partial charge in [-0.05, 0) is 11.6 Å². The maximum absolute atomic E-state index is 10.8. The molecular weight excluding hydrogens is 180 g/mol. The molecule has 1 heterocycles. The van der Waals surface area contributed by atoms with E-state index in [0.29, 0.717) is 12.2 Å². The number of methoxy groups -OCH3 is 1. The molecular formula is C7H11ClN2O2. The first-order valence-corrected chi connectivity index (χ1v) is 3.23. The van der Waals surface area contributed by atoms with Crippen LogP contribution in [0.3, 0.4) is 0 Å². The van der Waals surface area contributed by atoms with Crippen molar-refractivity contribution in [3.05, 3.63) is 23.5 Å². The summed E-state index contributed by atoms with van der Waals surface area (Å²) in [5.41, 5.74) is 6.66. The second-order valence-electron chi connectivity index (χ2n) is 2.12. The van der Waals surface area contributed by atoms with Crippen molar-refractivity contribution in [2.75, 3.05) is 7.11 Å². The minimum atomic E-state index is -0.371. The Morgan fingerprint density at radius 1 is 1.75 bits per heavy atom. The molecule has 0 saturated carbocycles. The fraction of sp³-hybridized carbons (Fsp3) is 0.286. The highest BCUT2D eigenvalue weighted by atomic mass is 35.5. The highest BCUT2D eigenvalue weighted by molar-refractivity contribution is 5.87. The number of aromatic nitrogens is 1. The zero-order valence-corrected chi connectivity index (χ0v) is 7.48. The van der Waals surface area contributed by atoms with E-state index in [1.165, 1.54) is 7.11 Å². The molecule has 0 fully saturated rings. The number of ether oxygens (including phenoxy) is 1. The monoisotopic (exact) mass is 190 g/mol. The van der Waals surface area contributed by atoms with E-state index in [-0.39, 0.29) is 18.4 Å². The van der Waals surface area contributed by atoms with Crippen LogP contribution in [0.25, 0.3) is 0 Å². The second kappa shape index (κ2) is 4.79. The lowest BCUT2D eigenvalue weighted by molar-refractivity contribution is 0.0595. The fourth-order valence-corrected chi connectivity index (χ4v) is 0.785. The number of rotatable bonds is 2. The minimum absolute atomic E-state index is 0. The normalized spacial score (nSPS) is 8.83. The van der Waals surface area contributed by atoms with Gasteiger partial charge in [0.2, 0.25) is 0 Å². The number of hydrogen-bond acceptors (Lipinski definition) is 3. The van der Waals surface area contributed by atoms with Crippen molar-refractivity contribution in [1.82, 2.24) is 4.98 Å². The average Bonchev–Trinajstić information content (AvgIpc) is 2.50. The summed E-state index contributed by atoms with van der Waals surface area (Å²) >= 11 is 0. The van der Waals surface area contributed by atoms with Gasteiger partial charge in [0, 0.05) is 12.7 Å². The molecule has 0 aromatic carbocycles. The summed E-state index contributed by atoms with van der Waals surface area (Å²) in [6.45, 7) is 0.424. The number of nitrogens with one attached hydrogen (secondary N) is 1. The van der Waals surface area contributed by atoms with E-state index in [2.05, 4.69) is 9.72 Å². The summed E-state index contributed by atoms with van der Waals surface area (Å²) in [5, 5.41) is 0. The Bertz CT molecular complexity index is 260. The van der Waals surface area contributed by atoms with Gasteiger partial charge in [0.25, 0.3) is 0 Å². The highest BCUT2D eigenvalue weighted by Crippen LogP contribution is 2.02. The number of H-pyrrole nitrogens is 1. The quantitative estimate of drug-likeness (QED) is 0.674. The summed E-state index contributed by atoms with van der Waals surface area (Å²) < 4.78 is 4.48. The molecule has 0 aliphatic heterocycles. The van der Waals surface area contributed by atoms with E-state index in [4.69, 9.17) is 5.73 Å². The number of aromatic amines is 1. The SMILES string of the molecule is COC(=O)c1cc(CN)c[nH]1.Cl. The van der Waals surface area contributed by atoms with Crippen LogP contribution >= 0.6 is 12.4 Å². The van der Waals surface area contributed by atoms with Gasteiger partial charge in [-0.1, -0.05) is 0 Å². The lowest BCUT2D eigenvalue weighted by Gasteiger charge is -1.91. The molecule has 0 unspecified atom stereocenters. The summed E-state index contributed by atoms with van der Waals surface area (Å²) in [4.78, 5) is 13.6. The van der Waals surface area contributed by atoms with Gasteiger partial charge in [0.15, 0.2) is 0 Å². The third-order valence-corrected chi connectivity index (χ3v) is 1.38. The predicted octanol–water partition coefficient (Wildman–Crippen LogP) is 0.682. The van der Waals surface area contributed by atoms with Crippen molar-refractivity contribution in [2.45, 2.75) is 6.54 Å². The maximum atomic E-state index is 10.8. The number of nitrogens with two attached hydrogens (primary N) is 1.